The maximum Gasteiger partial charge on any atom is 0.412 e. The molecule has 0 aliphatic carbocycles. The van der Waals surface area contributed by atoms with Crippen LogP contribution >= 0.6 is 0 Å². The number of nitrogens with zero attached hydrogens (tertiary/aromatic N) is 3. The van der Waals surface area contributed by atoms with Gasteiger partial charge in [0.15, 0.2) is 0 Å². The van der Waals surface area contributed by atoms with Crippen molar-refractivity contribution in [2.75, 3.05) is 18.0 Å². The number of rotatable bonds is 3. The van der Waals surface area contributed by atoms with Crippen LogP contribution < -0.4 is 10.2 Å². The van der Waals surface area contributed by atoms with Gasteiger partial charge in [-0.05, 0) is 75.5 Å². The number of amides is 1. The zero-order valence-electron chi connectivity index (χ0n) is 17.6. The molecule has 2 aliphatic heterocycles. The van der Waals surface area contributed by atoms with E-state index in [-0.39, 0.29) is 11.9 Å². The van der Waals surface area contributed by atoms with Gasteiger partial charge in [-0.25, -0.2) is 14.2 Å². The van der Waals surface area contributed by atoms with Crippen LogP contribution in [0, 0.1) is 5.82 Å². The van der Waals surface area contributed by atoms with Gasteiger partial charge >= 0.3 is 6.09 Å². The Bertz CT molecular complexity index is 1140. The minimum atomic E-state index is -0.925. The summed E-state index contributed by atoms with van der Waals surface area (Å²) >= 11 is 0. The monoisotopic (exact) mass is 422 g/mol. The highest BCUT2D eigenvalue weighted by Gasteiger charge is 2.31. The standard InChI is InChI=1S/C24H27FN4O2/c1-15-5-6-19-20(28(15)24(30)31)7-8-21-23(19)27-22(14-16-3-2-4-17(25)13-16)29(21)18-9-11-26-12-10-18/h2-4,7-8,13,15,18,26H,5-6,9-12,14H2,1H3,(H,30,31)/t15-/m0/s1. The lowest BCUT2D eigenvalue weighted by atomic mass is 9.95. The molecule has 162 valence electrons. The number of benzene rings is 2. The largest absolute Gasteiger partial charge is 0.465 e. The molecule has 1 saturated heterocycles. The molecule has 5 rings (SSSR count). The molecule has 1 amide bonds. The summed E-state index contributed by atoms with van der Waals surface area (Å²) in [5, 5.41) is 13.2. The fourth-order valence-corrected chi connectivity index (χ4v) is 5.16. The van der Waals surface area contributed by atoms with E-state index < -0.39 is 6.09 Å². The molecule has 7 heteroatoms. The molecule has 1 fully saturated rings. The van der Waals surface area contributed by atoms with Crippen LogP contribution in [0.25, 0.3) is 11.0 Å². The number of halogens is 1. The molecule has 1 aromatic heterocycles. The molecule has 0 radical (unpaired) electrons. The average Bonchev–Trinajstić information content (AvgIpc) is 3.12. The molecule has 31 heavy (non-hydrogen) atoms. The van der Waals surface area contributed by atoms with Gasteiger partial charge in [-0.1, -0.05) is 12.1 Å². The highest BCUT2D eigenvalue weighted by atomic mass is 19.1. The van der Waals surface area contributed by atoms with E-state index in [0.29, 0.717) is 12.5 Å². The molecule has 0 bridgehead atoms. The summed E-state index contributed by atoms with van der Waals surface area (Å²) in [4.78, 5) is 18.4. The molecule has 1 atom stereocenters. The van der Waals surface area contributed by atoms with Crippen molar-refractivity contribution in [3.05, 3.63) is 59.2 Å². The SMILES string of the molecule is C[C@H]1CCc2c(ccc3c2nc(Cc2cccc(F)c2)n3C2CCNCC2)N1C(=O)O. The van der Waals surface area contributed by atoms with Gasteiger partial charge in [-0.15, -0.1) is 0 Å². The van der Waals surface area contributed by atoms with E-state index in [1.165, 1.54) is 11.0 Å². The molecule has 0 unspecified atom stereocenters. The van der Waals surface area contributed by atoms with Gasteiger partial charge in [0.2, 0.25) is 0 Å². The van der Waals surface area contributed by atoms with Crippen LogP contribution in [-0.2, 0) is 12.8 Å². The van der Waals surface area contributed by atoms with Gasteiger partial charge in [0.05, 0.1) is 16.7 Å². The fourth-order valence-electron chi connectivity index (χ4n) is 5.16. The van der Waals surface area contributed by atoms with Crippen molar-refractivity contribution in [3.8, 4) is 0 Å². The van der Waals surface area contributed by atoms with Gasteiger partial charge in [-0.3, -0.25) is 4.90 Å². The number of hydrogen-bond acceptors (Lipinski definition) is 3. The van der Waals surface area contributed by atoms with E-state index >= 15 is 0 Å². The minimum Gasteiger partial charge on any atom is -0.465 e. The highest BCUT2D eigenvalue weighted by Crippen LogP contribution is 2.38. The van der Waals surface area contributed by atoms with Gasteiger partial charge < -0.3 is 15.0 Å². The molecule has 3 heterocycles. The van der Waals surface area contributed by atoms with Crippen LogP contribution in [-0.4, -0.2) is 39.9 Å². The Hall–Kier alpha value is -2.93. The second-order valence-corrected chi connectivity index (χ2v) is 8.66. The second-order valence-electron chi connectivity index (χ2n) is 8.66. The van der Waals surface area contributed by atoms with E-state index in [4.69, 9.17) is 4.98 Å². The average molecular weight is 423 g/mol. The number of carboxylic acid groups (broad SMARTS) is 1. The molecule has 0 saturated carbocycles. The predicted molar refractivity (Wildman–Crippen MR) is 118 cm³/mol. The number of aryl methyl sites for hydroxylation is 1. The van der Waals surface area contributed by atoms with Crippen molar-refractivity contribution in [1.29, 1.82) is 0 Å². The summed E-state index contributed by atoms with van der Waals surface area (Å²) in [7, 11) is 0. The Morgan fingerprint density at radius 1 is 1.23 bits per heavy atom. The minimum absolute atomic E-state index is 0.0549. The van der Waals surface area contributed by atoms with Crippen LogP contribution in [0.1, 0.15) is 49.2 Å². The first kappa shape index (κ1) is 20.0. The van der Waals surface area contributed by atoms with Crippen LogP contribution in [0.15, 0.2) is 36.4 Å². The Morgan fingerprint density at radius 3 is 2.77 bits per heavy atom. The normalized spacial score (nSPS) is 19.5. The summed E-state index contributed by atoms with van der Waals surface area (Å²) in [6, 6.07) is 10.9. The number of fused-ring (bicyclic) bond motifs is 3. The van der Waals surface area contributed by atoms with Crippen molar-refractivity contribution < 1.29 is 14.3 Å². The van der Waals surface area contributed by atoms with E-state index in [2.05, 4.69) is 9.88 Å². The predicted octanol–water partition coefficient (Wildman–Crippen LogP) is 4.51. The zero-order chi connectivity index (χ0) is 21.5. The van der Waals surface area contributed by atoms with Crippen molar-refractivity contribution in [3.63, 3.8) is 0 Å². The Morgan fingerprint density at radius 2 is 2.03 bits per heavy atom. The third-order valence-corrected chi connectivity index (χ3v) is 6.66. The van der Waals surface area contributed by atoms with E-state index in [1.54, 1.807) is 12.1 Å². The summed E-state index contributed by atoms with van der Waals surface area (Å²) < 4.78 is 16.1. The van der Waals surface area contributed by atoms with Crippen LogP contribution in [0.4, 0.5) is 14.9 Å². The smallest absolute Gasteiger partial charge is 0.412 e. The number of hydrogen-bond donors (Lipinski definition) is 2. The lowest BCUT2D eigenvalue weighted by Crippen LogP contribution is -2.41. The molecule has 2 aliphatic rings. The molecule has 2 N–H and O–H groups in total. The first-order valence-corrected chi connectivity index (χ1v) is 11.0. The second kappa shape index (κ2) is 7.96. The van der Waals surface area contributed by atoms with E-state index in [1.807, 2.05) is 25.1 Å². The summed E-state index contributed by atoms with van der Waals surface area (Å²) in [6.07, 6.45) is 3.22. The quantitative estimate of drug-likeness (QED) is 0.652. The number of imidazole rings is 1. The first-order chi connectivity index (χ1) is 15.0. The van der Waals surface area contributed by atoms with Crippen LogP contribution in [0.2, 0.25) is 0 Å². The molecule has 2 aromatic carbocycles. The lowest BCUT2D eigenvalue weighted by Gasteiger charge is -2.33. The molecule has 6 nitrogen and oxygen atoms in total. The van der Waals surface area contributed by atoms with Crippen molar-refractivity contribution in [2.24, 2.45) is 0 Å². The number of aromatic nitrogens is 2. The van der Waals surface area contributed by atoms with Crippen molar-refractivity contribution in [1.82, 2.24) is 14.9 Å². The maximum absolute atomic E-state index is 13.8. The number of nitrogens with one attached hydrogen (secondary N) is 1. The third kappa shape index (κ3) is 3.57. The summed E-state index contributed by atoms with van der Waals surface area (Å²) in [6.45, 7) is 3.86. The molecule has 3 aromatic rings. The van der Waals surface area contributed by atoms with E-state index in [0.717, 1.165) is 72.4 Å². The summed E-state index contributed by atoms with van der Waals surface area (Å²) in [5.74, 6) is 0.673. The Labute approximate surface area is 180 Å². The fraction of sp³-hybridized carbons (Fsp3) is 0.417. The van der Waals surface area contributed by atoms with Gasteiger partial charge in [-0.2, -0.15) is 0 Å². The van der Waals surface area contributed by atoms with Crippen LogP contribution in [0.5, 0.6) is 0 Å². The molecular weight excluding hydrogens is 395 g/mol. The van der Waals surface area contributed by atoms with Crippen LogP contribution in [0.3, 0.4) is 0 Å². The topological polar surface area (TPSA) is 70.4 Å². The first-order valence-electron chi connectivity index (χ1n) is 11.0. The lowest BCUT2D eigenvalue weighted by molar-refractivity contribution is 0.198. The van der Waals surface area contributed by atoms with E-state index in [9.17, 15) is 14.3 Å². The Balaban J connectivity index is 1.67. The van der Waals surface area contributed by atoms with Crippen molar-refractivity contribution >= 4 is 22.8 Å². The highest BCUT2D eigenvalue weighted by molar-refractivity contribution is 5.94. The van der Waals surface area contributed by atoms with Gasteiger partial charge in [0, 0.05) is 24.1 Å². The maximum atomic E-state index is 13.8. The van der Waals surface area contributed by atoms with Gasteiger partial charge in [0.1, 0.15) is 11.6 Å². The van der Waals surface area contributed by atoms with Gasteiger partial charge in [0.25, 0.3) is 0 Å². The Kier molecular flexibility index (Phi) is 5.14. The number of carbonyl (C=O) groups is 1. The van der Waals surface area contributed by atoms with Crippen molar-refractivity contribution in [2.45, 2.75) is 51.1 Å². The zero-order valence-corrected chi connectivity index (χ0v) is 17.6. The third-order valence-electron chi connectivity index (χ3n) is 6.66. The number of anilines is 1. The molecule has 0 spiro atoms. The number of piperidine rings is 1. The molecular formula is C24H27FN4O2. The summed E-state index contributed by atoms with van der Waals surface area (Å²) in [5.41, 5.74) is 4.58.